The van der Waals surface area contributed by atoms with Gasteiger partial charge in [0.05, 0.1) is 18.8 Å². The number of ether oxygens (including phenoxy) is 2. The van der Waals surface area contributed by atoms with Crippen molar-refractivity contribution in [3.05, 3.63) is 78.3 Å². The zero-order chi connectivity index (χ0) is 25.9. The zero-order valence-electron chi connectivity index (χ0n) is 20.4. The van der Waals surface area contributed by atoms with Gasteiger partial charge in [-0.2, -0.15) is 0 Å². The van der Waals surface area contributed by atoms with Crippen molar-refractivity contribution in [2.75, 3.05) is 39.5 Å². The van der Waals surface area contributed by atoms with Crippen molar-refractivity contribution < 1.29 is 27.5 Å². The summed E-state index contributed by atoms with van der Waals surface area (Å²) in [6.07, 6.45) is 3.29. The fourth-order valence-electron chi connectivity index (χ4n) is 4.33. The van der Waals surface area contributed by atoms with Gasteiger partial charge >= 0.3 is 0 Å². The molecule has 1 aliphatic rings. The second-order valence-corrected chi connectivity index (χ2v) is 8.96. The Kier molecular flexibility index (Phi) is 6.76. The van der Waals surface area contributed by atoms with E-state index in [1.807, 2.05) is 30.3 Å². The van der Waals surface area contributed by atoms with Gasteiger partial charge in [-0.05, 0) is 41.5 Å². The van der Waals surface area contributed by atoms with E-state index in [1.165, 1.54) is 12.1 Å². The van der Waals surface area contributed by atoms with Gasteiger partial charge in [-0.25, -0.2) is 13.8 Å². The van der Waals surface area contributed by atoms with Gasteiger partial charge in [0.2, 0.25) is 18.5 Å². The molecule has 5 aromatic rings. The standard InChI is InChI=1S/C27H24F2N6O3/c28-22-3-1-2-21(26(22)29)27-31-24-15-30-35(17-25(24)32-27)16-20-14-23(33-38-20)18-4-6-19(7-5-18)37-13-10-34-8-11-36-12-9-34/h1-7,14-15,17H,8-13,16H2/p+1. The smallest absolute Gasteiger partial charge is 0.234 e. The number of hydrogen-bond acceptors (Lipinski definition) is 7. The molecule has 0 bridgehead atoms. The molecule has 194 valence electrons. The maximum absolute atomic E-state index is 14.2. The molecule has 1 saturated heterocycles. The van der Waals surface area contributed by atoms with Crippen LogP contribution in [0.15, 0.2) is 65.4 Å². The van der Waals surface area contributed by atoms with Gasteiger partial charge in [0.1, 0.15) is 41.1 Å². The highest BCUT2D eigenvalue weighted by Gasteiger charge is 2.18. The van der Waals surface area contributed by atoms with Crippen molar-refractivity contribution in [1.82, 2.24) is 25.1 Å². The quantitative estimate of drug-likeness (QED) is 0.313. The van der Waals surface area contributed by atoms with Crippen LogP contribution in [0.3, 0.4) is 0 Å². The van der Waals surface area contributed by atoms with Crippen molar-refractivity contribution in [2.24, 2.45) is 0 Å². The second-order valence-electron chi connectivity index (χ2n) is 8.96. The third-order valence-electron chi connectivity index (χ3n) is 6.38. The lowest BCUT2D eigenvalue weighted by molar-refractivity contribution is -0.746. The monoisotopic (exact) mass is 519 g/mol. The average Bonchev–Trinajstić information content (AvgIpc) is 3.58. The molecule has 1 N–H and O–H groups in total. The fraction of sp³-hybridized carbons (Fsp3) is 0.259. The average molecular weight is 520 g/mol. The molecule has 6 rings (SSSR count). The fourth-order valence-corrected chi connectivity index (χ4v) is 4.33. The number of nitrogens with one attached hydrogen (secondary N) is 1. The van der Waals surface area contributed by atoms with Crippen molar-refractivity contribution in [3.63, 3.8) is 0 Å². The number of rotatable bonds is 8. The maximum atomic E-state index is 14.2. The molecule has 9 nitrogen and oxygen atoms in total. The number of nitrogens with zero attached hydrogens (tertiary/aromatic N) is 5. The summed E-state index contributed by atoms with van der Waals surface area (Å²) in [6.45, 7) is 5.26. The number of imidazole rings is 1. The van der Waals surface area contributed by atoms with Crippen molar-refractivity contribution in [3.8, 4) is 28.4 Å². The molecule has 38 heavy (non-hydrogen) atoms. The third kappa shape index (κ3) is 5.24. The largest absolute Gasteiger partial charge is 0.492 e. The Balaban J connectivity index is 1.10. The normalized spacial score (nSPS) is 14.3. The van der Waals surface area contributed by atoms with E-state index in [9.17, 15) is 8.78 Å². The number of morpholine rings is 1. The molecule has 0 atom stereocenters. The second kappa shape index (κ2) is 10.6. The molecule has 0 aliphatic carbocycles. The Labute approximate surface area is 216 Å². The topological polar surface area (TPSA) is 93.2 Å². The van der Waals surface area contributed by atoms with Gasteiger partial charge in [0.15, 0.2) is 11.6 Å². The van der Waals surface area contributed by atoms with E-state index in [0.717, 1.165) is 50.2 Å². The van der Waals surface area contributed by atoms with E-state index in [4.69, 9.17) is 14.0 Å². The highest BCUT2D eigenvalue weighted by atomic mass is 19.2. The van der Waals surface area contributed by atoms with E-state index in [0.29, 0.717) is 35.6 Å². The Hall–Kier alpha value is -4.22. The van der Waals surface area contributed by atoms with Gasteiger partial charge in [0, 0.05) is 31.3 Å². The summed E-state index contributed by atoms with van der Waals surface area (Å²) in [6, 6.07) is 13.6. The summed E-state index contributed by atoms with van der Waals surface area (Å²) < 4.78 is 46.2. The maximum Gasteiger partial charge on any atom is 0.234 e. The highest BCUT2D eigenvalue weighted by Crippen LogP contribution is 2.24. The lowest BCUT2D eigenvalue weighted by Crippen LogP contribution is -2.38. The number of fused-ring (bicyclic) bond motifs is 1. The van der Waals surface area contributed by atoms with E-state index < -0.39 is 11.6 Å². The van der Waals surface area contributed by atoms with Crippen molar-refractivity contribution in [1.29, 1.82) is 0 Å². The first kappa shape index (κ1) is 24.1. The molecule has 0 saturated carbocycles. The summed E-state index contributed by atoms with van der Waals surface area (Å²) >= 11 is 0. The van der Waals surface area contributed by atoms with Crippen LogP contribution in [-0.2, 0) is 11.3 Å². The van der Waals surface area contributed by atoms with Crippen LogP contribution in [0.4, 0.5) is 8.78 Å². The molecule has 3 aromatic heterocycles. The van der Waals surface area contributed by atoms with Gasteiger partial charge in [0.25, 0.3) is 0 Å². The number of aromatic nitrogens is 5. The number of hydrogen-bond donors (Lipinski definition) is 1. The van der Waals surface area contributed by atoms with Gasteiger partial charge in [-0.3, -0.25) is 4.90 Å². The molecular formula is C27H25F2N6O3+. The molecule has 0 spiro atoms. The third-order valence-corrected chi connectivity index (χ3v) is 6.38. The molecule has 0 unspecified atom stereocenters. The van der Waals surface area contributed by atoms with Crippen LogP contribution < -0.4 is 9.42 Å². The van der Waals surface area contributed by atoms with E-state index in [2.05, 4.69) is 25.1 Å². The van der Waals surface area contributed by atoms with Crippen LogP contribution in [-0.4, -0.2) is 64.6 Å². The molecule has 2 aromatic carbocycles. The number of H-pyrrole nitrogens is 1. The predicted octanol–water partition coefficient (Wildman–Crippen LogP) is 3.60. The van der Waals surface area contributed by atoms with Crippen molar-refractivity contribution >= 4 is 11.0 Å². The summed E-state index contributed by atoms with van der Waals surface area (Å²) in [5, 5.41) is 8.54. The van der Waals surface area contributed by atoms with Gasteiger partial charge < -0.3 is 19.0 Å². The first-order valence-electron chi connectivity index (χ1n) is 12.3. The minimum Gasteiger partial charge on any atom is -0.492 e. The Morgan fingerprint density at radius 3 is 2.76 bits per heavy atom. The highest BCUT2D eigenvalue weighted by molar-refractivity contribution is 5.77. The first-order valence-corrected chi connectivity index (χ1v) is 12.3. The Morgan fingerprint density at radius 1 is 1.08 bits per heavy atom. The van der Waals surface area contributed by atoms with Gasteiger partial charge in [-0.1, -0.05) is 15.9 Å². The minimum absolute atomic E-state index is 0.0566. The summed E-state index contributed by atoms with van der Waals surface area (Å²) in [4.78, 5) is 9.69. The van der Waals surface area contributed by atoms with Crippen molar-refractivity contribution in [2.45, 2.75) is 6.54 Å². The number of halogens is 2. The van der Waals surface area contributed by atoms with Crippen LogP contribution in [0.2, 0.25) is 0 Å². The van der Waals surface area contributed by atoms with E-state index in [1.54, 1.807) is 17.1 Å². The van der Waals surface area contributed by atoms with E-state index >= 15 is 0 Å². The molecule has 11 heteroatoms. The van der Waals surface area contributed by atoms with Crippen LogP contribution >= 0.6 is 0 Å². The lowest BCUT2D eigenvalue weighted by atomic mass is 10.1. The molecule has 1 fully saturated rings. The zero-order valence-corrected chi connectivity index (χ0v) is 20.4. The number of benzene rings is 2. The Morgan fingerprint density at radius 2 is 1.92 bits per heavy atom. The van der Waals surface area contributed by atoms with Crippen LogP contribution in [0, 0.1) is 11.6 Å². The first-order chi connectivity index (χ1) is 18.6. The molecule has 4 heterocycles. The Bertz CT molecular complexity index is 1550. The summed E-state index contributed by atoms with van der Waals surface area (Å²) in [5.74, 6) is -0.237. The lowest BCUT2D eigenvalue weighted by Gasteiger charge is -2.26. The van der Waals surface area contributed by atoms with E-state index in [-0.39, 0.29) is 11.4 Å². The molecule has 1 aliphatic heterocycles. The predicted molar refractivity (Wildman–Crippen MR) is 133 cm³/mol. The molecule has 0 radical (unpaired) electrons. The van der Waals surface area contributed by atoms with Crippen LogP contribution in [0.5, 0.6) is 5.75 Å². The number of aromatic amines is 1. The summed E-state index contributed by atoms with van der Waals surface area (Å²) in [5.41, 5.74) is 2.82. The SMILES string of the molecule is Fc1cccc(-c2nc3cn[n+](Cc4cc(-c5ccc(OCCN6CCOCC6)cc5)no4)cc3[nH]2)c1F. The minimum atomic E-state index is -0.950. The van der Waals surface area contributed by atoms with Crippen LogP contribution in [0.1, 0.15) is 5.76 Å². The molecule has 0 amide bonds. The summed E-state index contributed by atoms with van der Waals surface area (Å²) in [7, 11) is 0. The van der Waals surface area contributed by atoms with Crippen LogP contribution in [0.25, 0.3) is 33.7 Å². The van der Waals surface area contributed by atoms with Gasteiger partial charge in [-0.15, -0.1) is 0 Å². The molecular weight excluding hydrogens is 494 g/mol.